The van der Waals surface area contributed by atoms with E-state index in [2.05, 4.69) is 6.92 Å². The Balaban J connectivity index is 2.70. The predicted molar refractivity (Wildman–Crippen MR) is 51.6 cm³/mol. The van der Waals surface area contributed by atoms with E-state index in [0.29, 0.717) is 0 Å². The van der Waals surface area contributed by atoms with Gasteiger partial charge in [-0.3, -0.25) is 0 Å². The van der Waals surface area contributed by atoms with Gasteiger partial charge in [0.25, 0.3) is 0 Å². The lowest BCUT2D eigenvalue weighted by Gasteiger charge is -1.96. The summed E-state index contributed by atoms with van der Waals surface area (Å²) in [4.78, 5) is 0. The van der Waals surface area contributed by atoms with Gasteiger partial charge in [-0.1, -0.05) is 51.2 Å². The highest BCUT2D eigenvalue weighted by Crippen LogP contribution is 2.05. The zero-order chi connectivity index (χ0) is 7.66. The molecule has 0 spiro atoms. The zero-order valence-electron chi connectivity index (χ0n) is 6.94. The Kier molecular flexibility index (Phi) is 9.17. The van der Waals surface area contributed by atoms with Gasteiger partial charge in [-0.05, 0) is 18.2 Å². The van der Waals surface area contributed by atoms with Crippen LogP contribution in [-0.4, -0.2) is 5.37 Å². The molecule has 0 fully saturated rings. The summed E-state index contributed by atoms with van der Waals surface area (Å²) < 4.78 is 0. The molecule has 10 heavy (non-hydrogen) atoms. The quantitative estimate of drug-likeness (QED) is 0.402. The van der Waals surface area contributed by atoms with Crippen LogP contribution in [0.25, 0.3) is 0 Å². The molecule has 0 unspecified atom stereocenters. The van der Waals surface area contributed by atoms with Gasteiger partial charge in [-0.25, -0.2) is 0 Å². The second-order valence-electron chi connectivity index (χ2n) is 2.72. The fraction of sp³-hybridized carbons (Fsp3) is 0.889. The largest absolute Gasteiger partial charge is 0.0935 e. The Morgan fingerprint density at radius 1 is 1.00 bits per heavy atom. The topological polar surface area (TPSA) is 0 Å². The van der Waals surface area contributed by atoms with Crippen molar-refractivity contribution in [2.24, 2.45) is 0 Å². The molecule has 0 aromatic rings. The number of rotatable bonds is 7. The van der Waals surface area contributed by atoms with Crippen LogP contribution in [0.3, 0.4) is 0 Å². The minimum atomic E-state index is 1.13. The van der Waals surface area contributed by atoms with Crippen molar-refractivity contribution in [3.8, 4) is 0 Å². The third kappa shape index (κ3) is 8.09. The normalized spacial score (nSPS) is 9.70. The molecule has 1 heteroatoms. The predicted octanol–water partition coefficient (Wildman–Crippen LogP) is 3.74. The van der Waals surface area contributed by atoms with E-state index >= 15 is 0 Å². The van der Waals surface area contributed by atoms with Crippen molar-refractivity contribution >= 4 is 17.6 Å². The van der Waals surface area contributed by atoms with E-state index in [1.807, 2.05) is 5.37 Å². The van der Waals surface area contributed by atoms with Gasteiger partial charge in [0.1, 0.15) is 0 Å². The molecule has 0 aromatic heterocycles. The highest BCUT2D eigenvalue weighted by atomic mass is 32.1. The Morgan fingerprint density at radius 2 is 1.60 bits per heavy atom. The molecule has 0 saturated carbocycles. The summed E-state index contributed by atoms with van der Waals surface area (Å²) in [5.41, 5.74) is 0. The number of hydrogen-bond acceptors (Lipinski definition) is 1. The molecule has 0 bridgehead atoms. The van der Waals surface area contributed by atoms with Gasteiger partial charge in [0, 0.05) is 0 Å². The van der Waals surface area contributed by atoms with Crippen LogP contribution >= 0.6 is 12.2 Å². The van der Waals surface area contributed by atoms with Crippen molar-refractivity contribution in [1.82, 2.24) is 0 Å². The van der Waals surface area contributed by atoms with Gasteiger partial charge in [-0.2, -0.15) is 0 Å². The fourth-order valence-corrected chi connectivity index (χ4v) is 1.17. The van der Waals surface area contributed by atoms with Crippen LogP contribution in [0, 0.1) is 0 Å². The van der Waals surface area contributed by atoms with Crippen molar-refractivity contribution in [3.63, 3.8) is 0 Å². The second-order valence-corrected chi connectivity index (χ2v) is 3.06. The molecule has 0 aromatic carbocycles. The monoisotopic (exact) mass is 158 g/mol. The lowest BCUT2D eigenvalue weighted by atomic mass is 10.1. The summed E-state index contributed by atoms with van der Waals surface area (Å²) >= 11 is 4.73. The Bertz CT molecular complexity index is 69.1. The van der Waals surface area contributed by atoms with Crippen molar-refractivity contribution in [3.05, 3.63) is 0 Å². The first kappa shape index (κ1) is 10.1. The van der Waals surface area contributed by atoms with Crippen LogP contribution < -0.4 is 0 Å². The summed E-state index contributed by atoms with van der Waals surface area (Å²) in [6, 6.07) is 0. The van der Waals surface area contributed by atoms with Gasteiger partial charge < -0.3 is 0 Å². The smallest absolute Gasteiger partial charge is 0.0210 e. The van der Waals surface area contributed by atoms with E-state index in [1.165, 1.54) is 38.5 Å². The van der Waals surface area contributed by atoms with Gasteiger partial charge in [0.15, 0.2) is 0 Å². The molecular weight excluding hydrogens is 140 g/mol. The maximum atomic E-state index is 4.73. The average Bonchev–Trinajstić information content (AvgIpc) is 1.97. The number of thiocarbonyl (C=S) groups is 1. The average molecular weight is 158 g/mol. The van der Waals surface area contributed by atoms with E-state index in [-0.39, 0.29) is 0 Å². The van der Waals surface area contributed by atoms with E-state index in [0.717, 1.165) is 6.42 Å². The van der Waals surface area contributed by atoms with Crippen LogP contribution in [0.5, 0.6) is 0 Å². The molecule has 0 saturated heterocycles. The Labute approximate surface area is 70.0 Å². The van der Waals surface area contributed by atoms with E-state index in [9.17, 15) is 0 Å². The van der Waals surface area contributed by atoms with Crippen molar-refractivity contribution < 1.29 is 0 Å². The summed E-state index contributed by atoms with van der Waals surface area (Å²) in [5, 5.41) is 1.85. The van der Waals surface area contributed by atoms with Crippen LogP contribution in [0.1, 0.15) is 51.9 Å². The summed E-state index contributed by atoms with van der Waals surface area (Å²) in [7, 11) is 0. The SMILES string of the molecule is CCCCCCCCC=S. The molecule has 0 nitrogen and oxygen atoms in total. The van der Waals surface area contributed by atoms with Gasteiger partial charge >= 0.3 is 0 Å². The van der Waals surface area contributed by atoms with Crippen molar-refractivity contribution in [2.45, 2.75) is 51.9 Å². The molecule has 0 aliphatic carbocycles. The first-order chi connectivity index (χ1) is 4.91. The lowest BCUT2D eigenvalue weighted by Crippen LogP contribution is -1.78. The fourth-order valence-electron chi connectivity index (χ4n) is 1.01. The second kappa shape index (κ2) is 9.09. The number of hydrogen-bond donors (Lipinski definition) is 0. The molecular formula is C9H18S. The maximum Gasteiger partial charge on any atom is -0.0210 e. The first-order valence-electron chi connectivity index (χ1n) is 4.35. The first-order valence-corrected chi connectivity index (χ1v) is 4.82. The molecule has 0 radical (unpaired) electrons. The van der Waals surface area contributed by atoms with Crippen LogP contribution in [-0.2, 0) is 0 Å². The van der Waals surface area contributed by atoms with E-state index in [1.54, 1.807) is 0 Å². The molecule has 0 atom stereocenters. The standard InChI is InChI=1S/C9H18S/c1-2-3-4-5-6-7-8-9-10/h9H,2-8H2,1H3. The minimum Gasteiger partial charge on any atom is -0.0935 e. The molecule has 0 heterocycles. The third-order valence-electron chi connectivity index (χ3n) is 1.68. The molecule has 0 amide bonds. The summed E-state index contributed by atoms with van der Waals surface area (Å²) in [5.74, 6) is 0. The summed E-state index contributed by atoms with van der Waals surface area (Å²) in [6.07, 6.45) is 9.34. The van der Waals surface area contributed by atoms with Crippen LogP contribution in [0.4, 0.5) is 0 Å². The highest BCUT2D eigenvalue weighted by molar-refractivity contribution is 7.78. The van der Waals surface area contributed by atoms with Crippen molar-refractivity contribution in [2.75, 3.05) is 0 Å². The minimum absolute atomic E-state index is 1.13. The summed E-state index contributed by atoms with van der Waals surface area (Å²) in [6.45, 7) is 2.25. The molecule has 0 aliphatic rings. The molecule has 0 N–H and O–H groups in total. The van der Waals surface area contributed by atoms with Crippen LogP contribution in [0.2, 0.25) is 0 Å². The molecule has 0 aliphatic heterocycles. The molecule has 0 rings (SSSR count). The van der Waals surface area contributed by atoms with Gasteiger partial charge in [0.05, 0.1) is 0 Å². The van der Waals surface area contributed by atoms with Crippen LogP contribution in [0.15, 0.2) is 0 Å². The Morgan fingerprint density at radius 3 is 2.20 bits per heavy atom. The lowest BCUT2D eigenvalue weighted by molar-refractivity contribution is 0.617. The van der Waals surface area contributed by atoms with E-state index in [4.69, 9.17) is 12.2 Å². The third-order valence-corrected chi connectivity index (χ3v) is 1.91. The molecule has 60 valence electrons. The maximum absolute atomic E-state index is 4.73. The van der Waals surface area contributed by atoms with E-state index < -0.39 is 0 Å². The Hall–Kier alpha value is 0.0900. The highest BCUT2D eigenvalue weighted by Gasteiger charge is 1.86. The van der Waals surface area contributed by atoms with Gasteiger partial charge in [-0.15, -0.1) is 0 Å². The van der Waals surface area contributed by atoms with Gasteiger partial charge in [0.2, 0.25) is 0 Å². The van der Waals surface area contributed by atoms with Crippen molar-refractivity contribution in [1.29, 1.82) is 0 Å². The number of unbranched alkanes of at least 4 members (excludes halogenated alkanes) is 6. The zero-order valence-corrected chi connectivity index (χ0v) is 7.75.